The SMILES string of the molecule is O=C(NOCC1CCCCC1Cc1ccccc1)c1ccccc1NCc1ccncc1. The minimum absolute atomic E-state index is 0.224. The van der Waals surface area contributed by atoms with E-state index < -0.39 is 0 Å². The minimum atomic E-state index is -0.224. The molecule has 2 N–H and O–H groups in total. The normalized spacial score (nSPS) is 18.1. The first-order chi connectivity index (χ1) is 15.8. The number of pyridine rings is 1. The molecule has 1 heterocycles. The highest BCUT2D eigenvalue weighted by atomic mass is 16.6. The van der Waals surface area contributed by atoms with Crippen LogP contribution < -0.4 is 10.8 Å². The average Bonchev–Trinajstić information content (AvgIpc) is 2.85. The number of nitrogens with zero attached hydrogens (tertiary/aromatic N) is 1. The lowest BCUT2D eigenvalue weighted by Gasteiger charge is -2.31. The van der Waals surface area contributed by atoms with Gasteiger partial charge in [-0.25, -0.2) is 5.48 Å². The Morgan fingerprint density at radius 1 is 0.875 bits per heavy atom. The van der Waals surface area contributed by atoms with Crippen molar-refractivity contribution < 1.29 is 9.63 Å². The second-order valence-corrected chi connectivity index (χ2v) is 8.49. The number of amides is 1. The molecule has 1 aliphatic carbocycles. The molecular formula is C27H31N3O2. The summed E-state index contributed by atoms with van der Waals surface area (Å²) in [6.07, 6.45) is 9.48. The molecule has 0 saturated heterocycles. The topological polar surface area (TPSA) is 63.2 Å². The van der Waals surface area contributed by atoms with Gasteiger partial charge in [0.15, 0.2) is 0 Å². The van der Waals surface area contributed by atoms with E-state index in [9.17, 15) is 4.79 Å². The fourth-order valence-corrected chi connectivity index (χ4v) is 4.49. The summed E-state index contributed by atoms with van der Waals surface area (Å²) in [5.74, 6) is 0.833. The fraction of sp³-hybridized carbons (Fsp3) is 0.333. The molecule has 0 bridgehead atoms. The van der Waals surface area contributed by atoms with Crippen LogP contribution in [0.5, 0.6) is 0 Å². The Hall–Kier alpha value is -3.18. The molecule has 0 spiro atoms. The van der Waals surface area contributed by atoms with Crippen molar-refractivity contribution in [2.45, 2.75) is 38.6 Å². The van der Waals surface area contributed by atoms with Crippen molar-refractivity contribution in [1.29, 1.82) is 0 Å². The molecule has 5 heteroatoms. The number of hydroxylamine groups is 1. The van der Waals surface area contributed by atoms with Gasteiger partial charge in [-0.2, -0.15) is 0 Å². The van der Waals surface area contributed by atoms with Gasteiger partial charge in [0.2, 0.25) is 0 Å². The van der Waals surface area contributed by atoms with E-state index in [-0.39, 0.29) is 5.91 Å². The Bertz CT molecular complexity index is 978. The zero-order valence-electron chi connectivity index (χ0n) is 18.4. The molecule has 1 aliphatic rings. The van der Waals surface area contributed by atoms with Crippen LogP contribution in [0.2, 0.25) is 0 Å². The monoisotopic (exact) mass is 429 g/mol. The van der Waals surface area contributed by atoms with Crippen molar-refractivity contribution in [3.05, 3.63) is 95.8 Å². The number of para-hydroxylation sites is 1. The summed E-state index contributed by atoms with van der Waals surface area (Å²) >= 11 is 0. The Balaban J connectivity index is 1.30. The van der Waals surface area contributed by atoms with Crippen molar-refractivity contribution in [3.63, 3.8) is 0 Å². The van der Waals surface area contributed by atoms with Crippen molar-refractivity contribution >= 4 is 11.6 Å². The molecule has 166 valence electrons. The number of aromatic nitrogens is 1. The molecular weight excluding hydrogens is 398 g/mol. The van der Waals surface area contributed by atoms with E-state index in [2.05, 4.69) is 46.1 Å². The highest BCUT2D eigenvalue weighted by Gasteiger charge is 2.26. The van der Waals surface area contributed by atoms with Gasteiger partial charge in [0.25, 0.3) is 5.91 Å². The van der Waals surface area contributed by atoms with Crippen molar-refractivity contribution in [2.75, 3.05) is 11.9 Å². The Morgan fingerprint density at radius 3 is 2.41 bits per heavy atom. The summed E-state index contributed by atoms with van der Waals surface area (Å²) in [4.78, 5) is 22.6. The van der Waals surface area contributed by atoms with Gasteiger partial charge >= 0.3 is 0 Å². The number of nitrogens with one attached hydrogen (secondary N) is 2. The summed E-state index contributed by atoms with van der Waals surface area (Å²) < 4.78 is 0. The van der Waals surface area contributed by atoms with Gasteiger partial charge in [0, 0.05) is 24.6 Å². The molecule has 1 saturated carbocycles. The molecule has 5 nitrogen and oxygen atoms in total. The van der Waals surface area contributed by atoms with Crippen LogP contribution in [0, 0.1) is 11.8 Å². The van der Waals surface area contributed by atoms with Crippen LogP contribution in [0.4, 0.5) is 5.69 Å². The molecule has 0 radical (unpaired) electrons. The predicted octanol–water partition coefficient (Wildman–Crippen LogP) is 5.40. The molecule has 1 aromatic heterocycles. The third-order valence-corrected chi connectivity index (χ3v) is 6.27. The summed E-state index contributed by atoms with van der Waals surface area (Å²) in [6.45, 7) is 1.17. The maximum atomic E-state index is 12.8. The molecule has 1 amide bonds. The highest BCUT2D eigenvalue weighted by Crippen LogP contribution is 2.32. The van der Waals surface area contributed by atoms with Crippen molar-refractivity contribution in [3.8, 4) is 0 Å². The van der Waals surface area contributed by atoms with Gasteiger partial charge < -0.3 is 5.32 Å². The molecule has 0 aliphatic heterocycles. The zero-order valence-corrected chi connectivity index (χ0v) is 18.4. The fourth-order valence-electron chi connectivity index (χ4n) is 4.49. The number of carbonyl (C=O) groups is 1. The van der Waals surface area contributed by atoms with E-state index in [1.165, 1.54) is 24.8 Å². The van der Waals surface area contributed by atoms with Crippen LogP contribution in [-0.4, -0.2) is 17.5 Å². The quantitative estimate of drug-likeness (QED) is 0.447. The third kappa shape index (κ3) is 6.17. The lowest BCUT2D eigenvalue weighted by atomic mass is 9.76. The molecule has 3 aromatic rings. The Labute approximate surface area is 190 Å². The average molecular weight is 430 g/mol. The van der Waals surface area contributed by atoms with E-state index in [1.54, 1.807) is 12.4 Å². The number of hydrogen-bond acceptors (Lipinski definition) is 4. The van der Waals surface area contributed by atoms with Crippen molar-refractivity contribution in [1.82, 2.24) is 10.5 Å². The Kier molecular flexibility index (Phi) is 7.88. The summed E-state index contributed by atoms with van der Waals surface area (Å²) in [6, 6.07) is 22.1. The number of anilines is 1. The number of rotatable bonds is 9. The second kappa shape index (κ2) is 11.4. The first kappa shape index (κ1) is 22.0. The molecule has 4 rings (SSSR count). The molecule has 1 fully saturated rings. The lowest BCUT2D eigenvalue weighted by Crippen LogP contribution is -2.31. The van der Waals surface area contributed by atoms with Gasteiger partial charge in [-0.3, -0.25) is 14.6 Å². The number of benzene rings is 2. The van der Waals surface area contributed by atoms with Crippen LogP contribution in [-0.2, 0) is 17.8 Å². The van der Waals surface area contributed by atoms with E-state index in [0.717, 1.165) is 24.1 Å². The minimum Gasteiger partial charge on any atom is -0.380 e. The molecule has 2 unspecified atom stereocenters. The van der Waals surface area contributed by atoms with E-state index in [4.69, 9.17) is 4.84 Å². The Morgan fingerprint density at radius 2 is 1.59 bits per heavy atom. The largest absolute Gasteiger partial charge is 0.380 e. The van der Waals surface area contributed by atoms with Crippen LogP contribution in [0.15, 0.2) is 79.1 Å². The van der Waals surface area contributed by atoms with Gasteiger partial charge in [-0.15, -0.1) is 0 Å². The van der Waals surface area contributed by atoms with Crippen LogP contribution in [0.1, 0.15) is 47.2 Å². The van der Waals surface area contributed by atoms with Gasteiger partial charge in [0.1, 0.15) is 0 Å². The predicted molar refractivity (Wildman–Crippen MR) is 127 cm³/mol. The number of hydrogen-bond donors (Lipinski definition) is 2. The third-order valence-electron chi connectivity index (χ3n) is 6.27. The van der Waals surface area contributed by atoms with Gasteiger partial charge in [0.05, 0.1) is 12.2 Å². The number of carbonyl (C=O) groups excluding carboxylic acids is 1. The highest BCUT2D eigenvalue weighted by molar-refractivity contribution is 5.98. The summed E-state index contributed by atoms with van der Waals surface area (Å²) in [5, 5.41) is 3.34. The second-order valence-electron chi connectivity index (χ2n) is 8.49. The standard InChI is InChI=1S/C27H31N3O2/c31-27(25-12-6-7-13-26(25)29-19-22-14-16-28-17-15-22)30-32-20-24-11-5-4-10-23(24)18-21-8-2-1-3-9-21/h1-3,6-9,12-17,23-24,29H,4-5,10-11,18-20H2,(H,30,31). The van der Waals surface area contributed by atoms with Gasteiger partial charge in [-0.05, 0) is 66.5 Å². The van der Waals surface area contributed by atoms with E-state index in [1.807, 2.05) is 36.4 Å². The molecule has 2 atom stereocenters. The zero-order chi connectivity index (χ0) is 22.0. The van der Waals surface area contributed by atoms with Crippen LogP contribution >= 0.6 is 0 Å². The van der Waals surface area contributed by atoms with E-state index >= 15 is 0 Å². The first-order valence-electron chi connectivity index (χ1n) is 11.5. The lowest BCUT2D eigenvalue weighted by molar-refractivity contribution is -0.00138. The maximum absolute atomic E-state index is 12.8. The smallest absolute Gasteiger partial charge is 0.276 e. The summed E-state index contributed by atoms with van der Waals surface area (Å²) in [7, 11) is 0. The molecule has 32 heavy (non-hydrogen) atoms. The maximum Gasteiger partial charge on any atom is 0.276 e. The van der Waals surface area contributed by atoms with Crippen LogP contribution in [0.25, 0.3) is 0 Å². The summed E-state index contributed by atoms with van der Waals surface area (Å²) in [5.41, 5.74) is 6.52. The van der Waals surface area contributed by atoms with Gasteiger partial charge in [-0.1, -0.05) is 55.3 Å². The van der Waals surface area contributed by atoms with Crippen molar-refractivity contribution in [2.24, 2.45) is 11.8 Å². The van der Waals surface area contributed by atoms with E-state index in [0.29, 0.717) is 30.6 Å². The molecule has 2 aromatic carbocycles. The van der Waals surface area contributed by atoms with Crippen LogP contribution in [0.3, 0.4) is 0 Å². The first-order valence-corrected chi connectivity index (χ1v) is 11.5.